The summed E-state index contributed by atoms with van der Waals surface area (Å²) in [6.07, 6.45) is -0.539. The van der Waals surface area contributed by atoms with Crippen LogP contribution in [-0.2, 0) is 21.2 Å². The van der Waals surface area contributed by atoms with E-state index in [1.807, 2.05) is 7.05 Å². The van der Waals surface area contributed by atoms with E-state index in [-0.39, 0.29) is 23.3 Å². The van der Waals surface area contributed by atoms with E-state index in [1.54, 1.807) is 24.3 Å². The molecule has 3 aromatic rings. The van der Waals surface area contributed by atoms with Gasteiger partial charge in [0.1, 0.15) is 12.3 Å². The first-order chi connectivity index (χ1) is 18.8. The molecule has 1 aliphatic heterocycles. The largest absolute Gasteiger partial charge is 0.495 e. The first kappa shape index (κ1) is 29.3. The van der Waals surface area contributed by atoms with Gasteiger partial charge < -0.3 is 24.8 Å². The number of sulfone groups is 1. The van der Waals surface area contributed by atoms with E-state index in [2.05, 4.69) is 27.4 Å². The van der Waals surface area contributed by atoms with Gasteiger partial charge in [-0.15, -0.1) is 0 Å². The number of aromatic nitrogens is 1. The summed E-state index contributed by atoms with van der Waals surface area (Å²) in [5.41, 5.74) is 1.70. The number of hydrogen-bond donors (Lipinski definition) is 2. The number of nitrogens with one attached hydrogen (secondary N) is 2. The number of methoxy groups -OCH3 is 1. The molecular formula is C28H31F3N4O4S. The molecule has 1 aromatic heterocycles. The number of anilines is 2. The van der Waals surface area contributed by atoms with Crippen LogP contribution in [0, 0.1) is 17.8 Å². The van der Waals surface area contributed by atoms with Crippen LogP contribution in [-0.4, -0.2) is 70.0 Å². The maximum absolute atomic E-state index is 13.2. The van der Waals surface area contributed by atoms with Crippen LogP contribution in [0.5, 0.6) is 5.75 Å². The Hall–Kier alpha value is -3.69. The highest BCUT2D eigenvalue weighted by Crippen LogP contribution is 2.31. The number of fused-ring (bicyclic) bond motifs is 1. The van der Waals surface area contributed by atoms with Gasteiger partial charge in [0.05, 0.1) is 35.4 Å². The Morgan fingerprint density at radius 3 is 2.50 bits per heavy atom. The van der Waals surface area contributed by atoms with Gasteiger partial charge in [0.2, 0.25) is 5.91 Å². The van der Waals surface area contributed by atoms with Gasteiger partial charge >= 0.3 is 6.18 Å². The maximum atomic E-state index is 13.2. The topological polar surface area (TPSA) is 92.7 Å². The summed E-state index contributed by atoms with van der Waals surface area (Å²) in [5, 5.41) is 6.50. The molecule has 214 valence electrons. The summed E-state index contributed by atoms with van der Waals surface area (Å²) in [6.45, 7) is 0.583. The number of ether oxygens (including phenoxy) is 1. The van der Waals surface area contributed by atoms with Gasteiger partial charge in [0.25, 0.3) is 0 Å². The number of rotatable bonds is 7. The lowest BCUT2D eigenvalue weighted by molar-refractivity contribution is -0.139. The van der Waals surface area contributed by atoms with E-state index in [0.29, 0.717) is 46.4 Å². The van der Waals surface area contributed by atoms with Crippen molar-refractivity contribution in [3.63, 3.8) is 0 Å². The van der Waals surface area contributed by atoms with Gasteiger partial charge in [0.15, 0.2) is 9.84 Å². The predicted molar refractivity (Wildman–Crippen MR) is 148 cm³/mol. The minimum atomic E-state index is -4.42. The maximum Gasteiger partial charge on any atom is 0.406 e. The highest BCUT2D eigenvalue weighted by Gasteiger charge is 2.29. The molecule has 12 heteroatoms. The number of hydrogen-bond acceptors (Lipinski definition) is 6. The van der Waals surface area contributed by atoms with Crippen molar-refractivity contribution < 1.29 is 31.1 Å². The summed E-state index contributed by atoms with van der Waals surface area (Å²) in [4.78, 5) is 15.3. The Morgan fingerprint density at radius 1 is 1.12 bits per heavy atom. The van der Waals surface area contributed by atoms with Crippen LogP contribution in [0.2, 0.25) is 0 Å². The van der Waals surface area contributed by atoms with E-state index >= 15 is 0 Å². The SMILES string of the molecule is COc1cc(S(C)(=O)=O)ccc1NCC#Cc1cc(NC(=O)C2CCN(C)CC2)c2ccn(CC(F)(F)F)c2c1. The molecular weight excluding hydrogens is 545 g/mol. The van der Waals surface area contributed by atoms with Crippen LogP contribution in [0.25, 0.3) is 10.9 Å². The highest BCUT2D eigenvalue weighted by molar-refractivity contribution is 7.90. The Balaban J connectivity index is 1.59. The molecule has 0 spiro atoms. The van der Waals surface area contributed by atoms with E-state index in [0.717, 1.165) is 23.9 Å². The number of carbonyl (C=O) groups excluding carboxylic acids is 1. The molecule has 0 saturated carbocycles. The molecule has 1 saturated heterocycles. The summed E-state index contributed by atoms with van der Waals surface area (Å²) in [6, 6.07) is 9.24. The second-order valence-electron chi connectivity index (χ2n) is 9.87. The van der Waals surface area contributed by atoms with Crippen LogP contribution >= 0.6 is 0 Å². The standard InChI is InChI=1S/C28H31F3N4O4S/c1-34-12-8-20(9-13-34)27(36)33-24-15-19(16-25-22(24)10-14-35(25)18-28(29,30)31)5-4-11-32-23-7-6-21(40(3,37)38)17-26(23)39-2/h6-7,10,14-17,20,32H,8-9,11-13,18H2,1-3H3,(H,33,36). The molecule has 40 heavy (non-hydrogen) atoms. The van der Waals surface area contributed by atoms with Gasteiger partial charge in [-0.3, -0.25) is 4.79 Å². The highest BCUT2D eigenvalue weighted by atomic mass is 32.2. The molecule has 1 amide bonds. The van der Waals surface area contributed by atoms with Crippen molar-refractivity contribution in [2.24, 2.45) is 5.92 Å². The molecule has 0 unspecified atom stereocenters. The van der Waals surface area contributed by atoms with Gasteiger partial charge in [-0.1, -0.05) is 11.8 Å². The van der Waals surface area contributed by atoms with Crippen molar-refractivity contribution in [2.75, 3.05) is 50.7 Å². The first-order valence-electron chi connectivity index (χ1n) is 12.6. The Kier molecular flexibility index (Phi) is 8.65. The second-order valence-corrected chi connectivity index (χ2v) is 11.9. The van der Waals surface area contributed by atoms with E-state index in [1.165, 1.54) is 25.4 Å². The van der Waals surface area contributed by atoms with Crippen molar-refractivity contribution in [3.8, 4) is 17.6 Å². The first-order valence-corrected chi connectivity index (χ1v) is 14.5. The number of carbonyl (C=O) groups is 1. The fourth-order valence-electron chi connectivity index (χ4n) is 4.64. The van der Waals surface area contributed by atoms with Gasteiger partial charge in [-0.2, -0.15) is 13.2 Å². The molecule has 4 rings (SSSR count). The van der Waals surface area contributed by atoms with Crippen LogP contribution < -0.4 is 15.4 Å². The zero-order valence-electron chi connectivity index (χ0n) is 22.4. The van der Waals surface area contributed by atoms with Crippen LogP contribution in [0.15, 0.2) is 47.5 Å². The average Bonchev–Trinajstić information content (AvgIpc) is 3.27. The normalized spacial score (nSPS) is 14.9. The van der Waals surface area contributed by atoms with Gasteiger partial charge in [-0.25, -0.2) is 8.42 Å². The van der Waals surface area contributed by atoms with Crippen molar-refractivity contribution >= 4 is 38.0 Å². The summed E-state index contributed by atoms with van der Waals surface area (Å²) in [5.74, 6) is 5.89. The summed E-state index contributed by atoms with van der Waals surface area (Å²) >= 11 is 0. The third-order valence-corrected chi connectivity index (χ3v) is 7.90. The van der Waals surface area contributed by atoms with E-state index < -0.39 is 22.6 Å². The zero-order chi connectivity index (χ0) is 29.1. The molecule has 0 bridgehead atoms. The number of piperidine rings is 1. The quantitative estimate of drug-likeness (QED) is 0.406. The third-order valence-electron chi connectivity index (χ3n) is 6.79. The monoisotopic (exact) mass is 576 g/mol. The third kappa shape index (κ3) is 7.28. The fourth-order valence-corrected chi connectivity index (χ4v) is 5.28. The van der Waals surface area contributed by atoms with E-state index in [9.17, 15) is 26.4 Å². The lowest BCUT2D eigenvalue weighted by Gasteiger charge is -2.28. The minimum Gasteiger partial charge on any atom is -0.495 e. The zero-order valence-corrected chi connectivity index (χ0v) is 23.2. The lowest BCUT2D eigenvalue weighted by atomic mass is 9.96. The van der Waals surface area contributed by atoms with Crippen LogP contribution in [0.1, 0.15) is 18.4 Å². The number of benzene rings is 2. The Labute approximate surface area is 231 Å². The minimum absolute atomic E-state index is 0.117. The second kappa shape index (κ2) is 11.8. The average molecular weight is 577 g/mol. The molecule has 0 aliphatic carbocycles. The number of nitrogens with zero attached hydrogens (tertiary/aromatic N) is 2. The molecule has 2 N–H and O–H groups in total. The summed E-state index contributed by atoms with van der Waals surface area (Å²) < 4.78 is 69.7. The molecule has 2 aromatic carbocycles. The van der Waals surface area contributed by atoms with Gasteiger partial charge in [-0.05, 0) is 63.3 Å². The fraction of sp³-hybridized carbons (Fsp3) is 0.393. The number of halogens is 3. The van der Waals surface area contributed by atoms with Crippen molar-refractivity contribution in [1.82, 2.24) is 9.47 Å². The number of likely N-dealkylation sites (tertiary alicyclic amines) is 1. The van der Waals surface area contributed by atoms with Crippen LogP contribution in [0.4, 0.5) is 24.5 Å². The molecule has 0 atom stereocenters. The predicted octanol–water partition coefficient (Wildman–Crippen LogP) is 4.36. The van der Waals surface area contributed by atoms with E-state index in [4.69, 9.17) is 4.74 Å². The molecule has 1 fully saturated rings. The van der Waals surface area contributed by atoms with Crippen molar-refractivity contribution in [1.29, 1.82) is 0 Å². The van der Waals surface area contributed by atoms with Crippen molar-refractivity contribution in [3.05, 3.63) is 48.2 Å². The molecule has 8 nitrogen and oxygen atoms in total. The Bertz CT molecular complexity index is 1560. The Morgan fingerprint density at radius 2 is 1.85 bits per heavy atom. The lowest BCUT2D eigenvalue weighted by Crippen LogP contribution is -2.35. The number of amides is 1. The summed E-state index contributed by atoms with van der Waals surface area (Å²) in [7, 11) is 0.0159. The number of alkyl halides is 3. The molecule has 2 heterocycles. The smallest absolute Gasteiger partial charge is 0.406 e. The van der Waals surface area contributed by atoms with Crippen LogP contribution in [0.3, 0.4) is 0 Å². The van der Waals surface area contributed by atoms with Crippen molar-refractivity contribution in [2.45, 2.75) is 30.5 Å². The molecule has 0 radical (unpaired) electrons. The molecule has 1 aliphatic rings. The van der Waals surface area contributed by atoms with Gasteiger partial charge in [0, 0.05) is 35.4 Å².